The topological polar surface area (TPSA) is 144 Å². The molecule has 0 bridgehead atoms. The number of urea groups is 1. The fraction of sp³-hybridized carbons (Fsp3) is 0.316. The molecular weight excluding hydrogens is 414 g/mol. The third-order valence-corrected chi connectivity index (χ3v) is 5.21. The molecular formula is C19H23N3O7S. The van der Waals surface area contributed by atoms with Gasteiger partial charge in [-0.1, -0.05) is 0 Å². The second kappa shape index (κ2) is 9.55. The summed E-state index contributed by atoms with van der Waals surface area (Å²) in [5, 5.41) is 4.41. The Bertz CT molecular complexity index is 992. The van der Waals surface area contributed by atoms with Crippen LogP contribution in [0.5, 0.6) is 0 Å². The SMILES string of the molecule is CC(C)(C)NS(=O)(=O)c1ccc(C(=O)OCC(=O)NC(=O)NCc2ccco2)cc1. The molecule has 3 amide bonds. The van der Waals surface area contributed by atoms with Crippen LogP contribution in [0.4, 0.5) is 4.79 Å². The molecule has 11 heteroatoms. The van der Waals surface area contributed by atoms with E-state index in [-0.39, 0.29) is 17.0 Å². The van der Waals surface area contributed by atoms with E-state index in [1.165, 1.54) is 30.5 Å². The van der Waals surface area contributed by atoms with E-state index in [1.54, 1.807) is 32.9 Å². The van der Waals surface area contributed by atoms with Gasteiger partial charge < -0.3 is 14.5 Å². The quantitative estimate of drug-likeness (QED) is 0.557. The van der Waals surface area contributed by atoms with Crippen LogP contribution in [0.15, 0.2) is 52.0 Å². The molecule has 0 unspecified atom stereocenters. The Morgan fingerprint density at radius 3 is 2.30 bits per heavy atom. The minimum atomic E-state index is -3.74. The van der Waals surface area contributed by atoms with Crippen LogP contribution < -0.4 is 15.4 Å². The summed E-state index contributed by atoms with van der Waals surface area (Å²) < 4.78 is 36.9. The normalized spacial score (nSPS) is 11.6. The van der Waals surface area contributed by atoms with E-state index in [0.717, 1.165) is 0 Å². The van der Waals surface area contributed by atoms with Crippen molar-refractivity contribution in [2.75, 3.05) is 6.61 Å². The number of carbonyl (C=O) groups is 3. The Morgan fingerprint density at radius 1 is 1.07 bits per heavy atom. The molecule has 0 aliphatic carbocycles. The molecule has 1 aromatic carbocycles. The average molecular weight is 437 g/mol. The van der Waals surface area contributed by atoms with Crippen LogP contribution in [0, 0.1) is 0 Å². The largest absolute Gasteiger partial charge is 0.467 e. The van der Waals surface area contributed by atoms with Crippen molar-refractivity contribution in [1.82, 2.24) is 15.4 Å². The highest BCUT2D eigenvalue weighted by Gasteiger charge is 2.22. The number of ether oxygens (including phenoxy) is 1. The van der Waals surface area contributed by atoms with Gasteiger partial charge in [0.15, 0.2) is 6.61 Å². The Balaban J connectivity index is 1.82. The summed E-state index contributed by atoms with van der Waals surface area (Å²) >= 11 is 0. The van der Waals surface area contributed by atoms with E-state index >= 15 is 0 Å². The number of benzene rings is 1. The lowest BCUT2D eigenvalue weighted by atomic mass is 10.1. The molecule has 0 atom stereocenters. The molecule has 162 valence electrons. The molecule has 2 aromatic rings. The van der Waals surface area contributed by atoms with Crippen LogP contribution in [-0.2, 0) is 26.1 Å². The van der Waals surface area contributed by atoms with Gasteiger partial charge in [-0.05, 0) is 57.2 Å². The summed E-state index contributed by atoms with van der Waals surface area (Å²) in [6.07, 6.45) is 1.45. The first kappa shape index (κ1) is 23.1. The van der Waals surface area contributed by atoms with Crippen molar-refractivity contribution in [1.29, 1.82) is 0 Å². The number of amides is 3. The van der Waals surface area contributed by atoms with Gasteiger partial charge in [0.05, 0.1) is 23.3 Å². The zero-order valence-electron chi connectivity index (χ0n) is 16.7. The number of nitrogens with one attached hydrogen (secondary N) is 3. The number of imide groups is 1. The van der Waals surface area contributed by atoms with Gasteiger partial charge in [-0.25, -0.2) is 22.7 Å². The lowest BCUT2D eigenvalue weighted by Crippen LogP contribution is -2.41. The van der Waals surface area contributed by atoms with E-state index in [4.69, 9.17) is 9.15 Å². The van der Waals surface area contributed by atoms with E-state index in [9.17, 15) is 22.8 Å². The zero-order chi connectivity index (χ0) is 22.4. The number of hydrogen-bond acceptors (Lipinski definition) is 7. The highest BCUT2D eigenvalue weighted by Crippen LogP contribution is 2.14. The predicted molar refractivity (Wildman–Crippen MR) is 106 cm³/mol. The minimum Gasteiger partial charge on any atom is -0.467 e. The Kier molecular flexibility index (Phi) is 7.35. The lowest BCUT2D eigenvalue weighted by molar-refractivity contribution is -0.123. The van der Waals surface area contributed by atoms with E-state index in [1.807, 2.05) is 5.32 Å². The van der Waals surface area contributed by atoms with E-state index in [2.05, 4.69) is 10.0 Å². The highest BCUT2D eigenvalue weighted by molar-refractivity contribution is 7.89. The van der Waals surface area contributed by atoms with Gasteiger partial charge in [0.25, 0.3) is 5.91 Å². The van der Waals surface area contributed by atoms with Gasteiger partial charge in [0.2, 0.25) is 10.0 Å². The summed E-state index contributed by atoms with van der Waals surface area (Å²) in [5.41, 5.74) is -0.603. The molecule has 0 saturated heterocycles. The van der Waals surface area contributed by atoms with Crippen molar-refractivity contribution in [2.24, 2.45) is 0 Å². The summed E-state index contributed by atoms with van der Waals surface area (Å²) in [5.74, 6) is -1.16. The van der Waals surface area contributed by atoms with Crippen LogP contribution in [0.2, 0.25) is 0 Å². The molecule has 2 rings (SSSR count). The van der Waals surface area contributed by atoms with Crippen molar-refractivity contribution in [3.8, 4) is 0 Å². The fourth-order valence-corrected chi connectivity index (χ4v) is 3.65. The molecule has 0 spiro atoms. The lowest BCUT2D eigenvalue weighted by Gasteiger charge is -2.20. The van der Waals surface area contributed by atoms with Gasteiger partial charge in [0.1, 0.15) is 5.76 Å². The second-order valence-corrected chi connectivity index (χ2v) is 8.95. The first-order valence-corrected chi connectivity index (χ1v) is 10.4. The van der Waals surface area contributed by atoms with Crippen molar-refractivity contribution in [3.63, 3.8) is 0 Å². The van der Waals surface area contributed by atoms with Gasteiger partial charge in [-0.3, -0.25) is 10.1 Å². The summed E-state index contributed by atoms with van der Waals surface area (Å²) in [6, 6.07) is 7.59. The number of esters is 1. The van der Waals surface area contributed by atoms with Crippen LogP contribution >= 0.6 is 0 Å². The number of furan rings is 1. The molecule has 0 aliphatic rings. The first-order valence-electron chi connectivity index (χ1n) is 8.87. The smallest absolute Gasteiger partial charge is 0.338 e. The third kappa shape index (κ3) is 7.33. The Labute approximate surface area is 174 Å². The molecule has 0 fully saturated rings. The van der Waals surface area contributed by atoms with E-state index in [0.29, 0.717) is 5.76 Å². The minimum absolute atomic E-state index is 0.0139. The Hall–Kier alpha value is -3.18. The maximum atomic E-state index is 12.3. The number of carbonyl (C=O) groups excluding carboxylic acids is 3. The van der Waals surface area contributed by atoms with Crippen molar-refractivity contribution < 1.29 is 32.0 Å². The number of sulfonamides is 1. The Morgan fingerprint density at radius 2 is 1.73 bits per heavy atom. The molecule has 0 aliphatic heterocycles. The zero-order valence-corrected chi connectivity index (χ0v) is 17.5. The average Bonchev–Trinajstić information content (AvgIpc) is 3.16. The van der Waals surface area contributed by atoms with Gasteiger partial charge in [-0.2, -0.15) is 0 Å². The maximum absolute atomic E-state index is 12.3. The van der Waals surface area contributed by atoms with Gasteiger partial charge in [-0.15, -0.1) is 0 Å². The summed E-state index contributed by atoms with van der Waals surface area (Å²) in [4.78, 5) is 35.3. The molecule has 0 saturated carbocycles. The molecule has 3 N–H and O–H groups in total. The summed E-state index contributed by atoms with van der Waals surface area (Å²) in [7, 11) is -3.74. The summed E-state index contributed by atoms with van der Waals surface area (Å²) in [6.45, 7) is 4.53. The van der Waals surface area contributed by atoms with E-state index < -0.39 is 40.1 Å². The van der Waals surface area contributed by atoms with Crippen molar-refractivity contribution >= 4 is 27.9 Å². The monoisotopic (exact) mass is 437 g/mol. The highest BCUT2D eigenvalue weighted by atomic mass is 32.2. The molecule has 1 heterocycles. The first-order chi connectivity index (χ1) is 14.0. The van der Waals surface area contributed by atoms with Crippen molar-refractivity contribution in [2.45, 2.75) is 37.8 Å². The van der Waals surface area contributed by atoms with Crippen LogP contribution in [0.3, 0.4) is 0 Å². The standard InChI is InChI=1S/C19H23N3O7S/c1-19(2,3)22-30(26,27)15-8-6-13(7-9-15)17(24)29-12-16(23)21-18(25)20-11-14-5-4-10-28-14/h4-10,22H,11-12H2,1-3H3,(H2,20,21,23,25). The molecule has 30 heavy (non-hydrogen) atoms. The molecule has 10 nitrogen and oxygen atoms in total. The molecule has 1 aromatic heterocycles. The second-order valence-electron chi connectivity index (χ2n) is 7.27. The molecule has 0 radical (unpaired) electrons. The maximum Gasteiger partial charge on any atom is 0.338 e. The van der Waals surface area contributed by atoms with Crippen LogP contribution in [0.25, 0.3) is 0 Å². The van der Waals surface area contributed by atoms with Crippen LogP contribution in [-0.4, -0.2) is 38.5 Å². The van der Waals surface area contributed by atoms with Gasteiger partial charge in [0, 0.05) is 5.54 Å². The predicted octanol–water partition coefficient (Wildman–Crippen LogP) is 1.54. The van der Waals surface area contributed by atoms with Crippen LogP contribution in [0.1, 0.15) is 36.9 Å². The third-order valence-electron chi connectivity index (χ3n) is 3.43. The van der Waals surface area contributed by atoms with Gasteiger partial charge >= 0.3 is 12.0 Å². The number of hydrogen-bond donors (Lipinski definition) is 3. The fourth-order valence-electron chi connectivity index (χ4n) is 2.23. The number of rotatable bonds is 7. The van der Waals surface area contributed by atoms with Crippen molar-refractivity contribution in [3.05, 3.63) is 54.0 Å².